The zero-order valence-corrected chi connectivity index (χ0v) is 17.2. The Labute approximate surface area is 177 Å². The normalized spacial score (nSPS) is 11.8. The zero-order valence-electron chi connectivity index (χ0n) is 16.5. The van der Waals surface area contributed by atoms with Crippen LogP contribution in [0.25, 0.3) is 0 Å². The average molecular weight is 412 g/mol. The quantitative estimate of drug-likeness (QED) is 0.485. The fraction of sp³-hybridized carbons (Fsp3) is 0.250. The molecule has 1 unspecified atom stereocenters. The van der Waals surface area contributed by atoms with Crippen molar-refractivity contribution in [3.8, 4) is 11.5 Å². The maximum absolute atomic E-state index is 10.3. The standard InChI is InChI=1S/C24H26ClNO3/c1-2-28-23-13-20(15-26-16-22(27)19-11-7-4-8-12-19)21(25)14-24(23)29-17-18-9-5-3-6-10-18/h3-14,22,26-27H,2,15-17H2,1H3. The average Bonchev–Trinajstić information content (AvgIpc) is 2.76. The van der Waals surface area contributed by atoms with Crippen LogP contribution in [0.1, 0.15) is 29.7 Å². The molecule has 0 saturated heterocycles. The van der Waals surface area contributed by atoms with Crippen molar-refractivity contribution in [1.82, 2.24) is 5.32 Å². The maximum atomic E-state index is 10.3. The summed E-state index contributed by atoms with van der Waals surface area (Å²) in [5, 5.41) is 14.1. The number of aliphatic hydroxyl groups is 1. The molecule has 0 aliphatic rings. The Morgan fingerprint density at radius 3 is 2.28 bits per heavy atom. The number of aliphatic hydroxyl groups excluding tert-OH is 1. The lowest BCUT2D eigenvalue weighted by atomic mass is 10.1. The molecule has 0 aliphatic carbocycles. The first kappa shape index (κ1) is 21.2. The third-order valence-electron chi connectivity index (χ3n) is 4.49. The minimum atomic E-state index is -0.574. The molecule has 0 radical (unpaired) electrons. The van der Waals surface area contributed by atoms with Gasteiger partial charge in [-0.05, 0) is 29.7 Å². The summed E-state index contributed by atoms with van der Waals surface area (Å²) in [4.78, 5) is 0. The van der Waals surface area contributed by atoms with Gasteiger partial charge in [-0.25, -0.2) is 0 Å². The predicted molar refractivity (Wildman–Crippen MR) is 117 cm³/mol. The van der Waals surface area contributed by atoms with Gasteiger partial charge < -0.3 is 19.9 Å². The van der Waals surface area contributed by atoms with Crippen LogP contribution >= 0.6 is 11.6 Å². The first-order valence-electron chi connectivity index (χ1n) is 9.73. The van der Waals surface area contributed by atoms with Gasteiger partial charge in [-0.15, -0.1) is 0 Å². The fourth-order valence-corrected chi connectivity index (χ4v) is 3.19. The Morgan fingerprint density at radius 2 is 1.59 bits per heavy atom. The van der Waals surface area contributed by atoms with Crippen molar-refractivity contribution in [1.29, 1.82) is 0 Å². The smallest absolute Gasteiger partial charge is 0.163 e. The van der Waals surface area contributed by atoms with E-state index < -0.39 is 6.10 Å². The lowest BCUT2D eigenvalue weighted by Crippen LogP contribution is -2.21. The van der Waals surface area contributed by atoms with Gasteiger partial charge in [-0.1, -0.05) is 72.3 Å². The highest BCUT2D eigenvalue weighted by Crippen LogP contribution is 2.34. The summed E-state index contributed by atoms with van der Waals surface area (Å²) in [5.41, 5.74) is 2.85. The molecule has 0 fully saturated rings. The highest BCUT2D eigenvalue weighted by atomic mass is 35.5. The number of benzene rings is 3. The van der Waals surface area contributed by atoms with Crippen LogP contribution in [0.2, 0.25) is 5.02 Å². The Kier molecular flexibility index (Phi) is 7.94. The fourth-order valence-electron chi connectivity index (χ4n) is 2.97. The van der Waals surface area contributed by atoms with Crippen molar-refractivity contribution < 1.29 is 14.6 Å². The van der Waals surface area contributed by atoms with Crippen LogP contribution < -0.4 is 14.8 Å². The number of nitrogens with one attached hydrogen (secondary N) is 1. The van der Waals surface area contributed by atoms with Crippen LogP contribution in [0.15, 0.2) is 72.8 Å². The molecule has 3 aromatic rings. The molecular weight excluding hydrogens is 386 g/mol. The topological polar surface area (TPSA) is 50.7 Å². The third-order valence-corrected chi connectivity index (χ3v) is 4.84. The van der Waals surface area contributed by atoms with Crippen molar-refractivity contribution in [2.45, 2.75) is 26.2 Å². The number of hydrogen-bond donors (Lipinski definition) is 2. The molecule has 3 aromatic carbocycles. The van der Waals surface area contributed by atoms with Gasteiger partial charge in [0.15, 0.2) is 11.5 Å². The summed E-state index contributed by atoms with van der Waals surface area (Å²) >= 11 is 6.48. The van der Waals surface area contributed by atoms with Crippen molar-refractivity contribution >= 4 is 11.6 Å². The van der Waals surface area contributed by atoms with E-state index in [1.54, 1.807) is 6.07 Å². The van der Waals surface area contributed by atoms with Gasteiger partial charge in [0.25, 0.3) is 0 Å². The van der Waals surface area contributed by atoms with E-state index >= 15 is 0 Å². The first-order valence-corrected chi connectivity index (χ1v) is 10.1. The van der Waals surface area contributed by atoms with E-state index in [4.69, 9.17) is 21.1 Å². The summed E-state index contributed by atoms with van der Waals surface area (Å²) in [6, 6.07) is 23.2. The number of ether oxygens (including phenoxy) is 2. The monoisotopic (exact) mass is 411 g/mol. The highest BCUT2D eigenvalue weighted by molar-refractivity contribution is 6.31. The van der Waals surface area contributed by atoms with Gasteiger partial charge in [0.05, 0.1) is 12.7 Å². The molecule has 0 aliphatic heterocycles. The predicted octanol–water partition coefficient (Wildman–Crippen LogP) is 5.14. The first-order chi connectivity index (χ1) is 14.2. The van der Waals surface area contributed by atoms with Crippen molar-refractivity contribution in [2.24, 2.45) is 0 Å². The molecule has 152 valence electrons. The van der Waals surface area contributed by atoms with E-state index in [1.165, 1.54) is 0 Å². The molecule has 5 heteroatoms. The summed E-state index contributed by atoms with van der Waals surface area (Å²) in [6.07, 6.45) is -0.574. The number of halogens is 1. The van der Waals surface area contributed by atoms with Crippen molar-refractivity contribution in [2.75, 3.05) is 13.2 Å². The zero-order chi connectivity index (χ0) is 20.5. The van der Waals surface area contributed by atoms with Crippen LogP contribution in [-0.4, -0.2) is 18.3 Å². The number of hydrogen-bond acceptors (Lipinski definition) is 4. The molecule has 4 nitrogen and oxygen atoms in total. The Bertz CT molecular complexity index is 887. The highest BCUT2D eigenvalue weighted by Gasteiger charge is 2.13. The molecule has 0 spiro atoms. The van der Waals surface area contributed by atoms with E-state index in [0.29, 0.717) is 42.8 Å². The Balaban J connectivity index is 1.63. The maximum Gasteiger partial charge on any atom is 0.163 e. The van der Waals surface area contributed by atoms with Crippen LogP contribution in [-0.2, 0) is 13.2 Å². The summed E-state index contributed by atoms with van der Waals surface area (Å²) < 4.78 is 11.7. The molecule has 0 amide bonds. The molecule has 0 bridgehead atoms. The van der Waals surface area contributed by atoms with Crippen LogP contribution in [0.3, 0.4) is 0 Å². The van der Waals surface area contributed by atoms with Gasteiger partial charge in [-0.2, -0.15) is 0 Å². The van der Waals surface area contributed by atoms with Crippen LogP contribution in [0, 0.1) is 0 Å². The van der Waals surface area contributed by atoms with Gasteiger partial charge in [0, 0.05) is 24.2 Å². The van der Waals surface area contributed by atoms with Gasteiger partial charge >= 0.3 is 0 Å². The van der Waals surface area contributed by atoms with Crippen LogP contribution in [0.5, 0.6) is 11.5 Å². The van der Waals surface area contributed by atoms with Crippen molar-refractivity contribution in [3.63, 3.8) is 0 Å². The van der Waals surface area contributed by atoms with Gasteiger partial charge in [-0.3, -0.25) is 0 Å². The van der Waals surface area contributed by atoms with E-state index in [9.17, 15) is 5.11 Å². The minimum Gasteiger partial charge on any atom is -0.490 e. The minimum absolute atomic E-state index is 0.427. The third kappa shape index (κ3) is 6.23. The second-order valence-electron chi connectivity index (χ2n) is 6.66. The SMILES string of the molecule is CCOc1cc(CNCC(O)c2ccccc2)c(Cl)cc1OCc1ccccc1. The van der Waals surface area contributed by atoms with E-state index in [-0.39, 0.29) is 0 Å². The van der Waals surface area contributed by atoms with E-state index in [1.807, 2.05) is 73.7 Å². The molecule has 3 rings (SSSR count). The number of rotatable bonds is 10. The van der Waals surface area contributed by atoms with E-state index in [2.05, 4.69) is 5.32 Å². The molecule has 29 heavy (non-hydrogen) atoms. The van der Waals surface area contributed by atoms with Crippen LogP contribution in [0.4, 0.5) is 0 Å². The Morgan fingerprint density at radius 1 is 0.931 bits per heavy atom. The largest absolute Gasteiger partial charge is 0.490 e. The second kappa shape index (κ2) is 10.9. The molecule has 2 N–H and O–H groups in total. The lowest BCUT2D eigenvalue weighted by Gasteiger charge is -2.16. The lowest BCUT2D eigenvalue weighted by molar-refractivity contribution is 0.174. The summed E-state index contributed by atoms with van der Waals surface area (Å²) in [5.74, 6) is 1.28. The Hall–Kier alpha value is -2.53. The van der Waals surface area contributed by atoms with Gasteiger partial charge in [0.1, 0.15) is 6.61 Å². The second-order valence-corrected chi connectivity index (χ2v) is 7.06. The van der Waals surface area contributed by atoms with E-state index in [0.717, 1.165) is 16.7 Å². The molecular formula is C24H26ClNO3. The molecule has 0 aromatic heterocycles. The summed E-state index contributed by atoms with van der Waals surface area (Å²) in [6.45, 7) is 3.85. The van der Waals surface area contributed by atoms with Gasteiger partial charge in [0.2, 0.25) is 0 Å². The molecule has 0 saturated carbocycles. The molecule has 1 atom stereocenters. The van der Waals surface area contributed by atoms with Crippen molar-refractivity contribution in [3.05, 3.63) is 94.5 Å². The molecule has 0 heterocycles. The summed E-state index contributed by atoms with van der Waals surface area (Å²) in [7, 11) is 0.